The lowest BCUT2D eigenvalue weighted by molar-refractivity contribution is -0.245. The Morgan fingerprint density at radius 3 is 2.39 bits per heavy atom. The summed E-state index contributed by atoms with van der Waals surface area (Å²) >= 11 is 1.70. The van der Waals surface area contributed by atoms with Crippen molar-refractivity contribution in [3.05, 3.63) is 131 Å². The number of carbonyl (C=O) groups is 1. The molecule has 0 saturated carbocycles. The Labute approximate surface area is 260 Å². The van der Waals surface area contributed by atoms with Gasteiger partial charge >= 0.3 is 0 Å². The van der Waals surface area contributed by atoms with E-state index in [-0.39, 0.29) is 30.4 Å². The van der Waals surface area contributed by atoms with Crippen molar-refractivity contribution in [3.63, 3.8) is 0 Å². The molecule has 0 bridgehead atoms. The maximum atomic E-state index is 12.8. The summed E-state index contributed by atoms with van der Waals surface area (Å²) in [4.78, 5) is 22.6. The third-order valence-electron chi connectivity index (χ3n) is 7.49. The zero-order valence-electron chi connectivity index (χ0n) is 24.3. The number of benzene rings is 4. The SMILES string of the molecule is COc1ccccc1SC[C@@H]1C[C@H](c2ccc(CO)cc2)O[C@H](c2ccc(CNC(=O)c3cnc4ccccc4n3)cc2)O1. The van der Waals surface area contributed by atoms with Gasteiger partial charge in [-0.1, -0.05) is 72.8 Å². The van der Waals surface area contributed by atoms with Crippen molar-refractivity contribution in [2.45, 2.75) is 43.0 Å². The molecule has 6 rings (SSSR count). The molecule has 1 fully saturated rings. The van der Waals surface area contributed by atoms with Crippen molar-refractivity contribution in [2.75, 3.05) is 12.9 Å². The largest absolute Gasteiger partial charge is 0.496 e. The lowest BCUT2D eigenvalue weighted by Crippen LogP contribution is -2.31. The lowest BCUT2D eigenvalue weighted by atomic mass is 10.0. The van der Waals surface area contributed by atoms with Crippen LogP contribution >= 0.6 is 11.8 Å². The molecule has 0 aliphatic carbocycles. The molecule has 5 aromatic rings. The Morgan fingerprint density at radius 1 is 0.909 bits per heavy atom. The van der Waals surface area contributed by atoms with E-state index in [1.807, 2.05) is 91.0 Å². The van der Waals surface area contributed by atoms with Crippen LogP contribution in [0.4, 0.5) is 0 Å². The molecule has 1 amide bonds. The molecular formula is C35H33N3O5S. The van der Waals surface area contributed by atoms with E-state index in [1.165, 1.54) is 6.20 Å². The molecule has 0 radical (unpaired) electrons. The number of hydrogen-bond acceptors (Lipinski definition) is 8. The number of carbonyl (C=O) groups excluding carboxylic acids is 1. The first-order valence-electron chi connectivity index (χ1n) is 14.4. The number of thioether (sulfide) groups is 1. The second kappa shape index (κ2) is 14.0. The van der Waals surface area contributed by atoms with Gasteiger partial charge in [-0.3, -0.25) is 9.78 Å². The highest BCUT2D eigenvalue weighted by atomic mass is 32.2. The van der Waals surface area contributed by atoms with E-state index >= 15 is 0 Å². The van der Waals surface area contributed by atoms with Crippen molar-refractivity contribution < 1.29 is 24.1 Å². The molecule has 0 unspecified atom stereocenters. The summed E-state index contributed by atoms with van der Waals surface area (Å²) in [6.45, 7) is 0.343. The highest BCUT2D eigenvalue weighted by Gasteiger charge is 2.32. The summed E-state index contributed by atoms with van der Waals surface area (Å²) in [5, 5.41) is 12.4. The van der Waals surface area contributed by atoms with E-state index in [0.29, 0.717) is 18.5 Å². The van der Waals surface area contributed by atoms with Gasteiger partial charge in [0.15, 0.2) is 6.29 Å². The summed E-state index contributed by atoms with van der Waals surface area (Å²) in [5.41, 5.74) is 5.43. The maximum Gasteiger partial charge on any atom is 0.271 e. The minimum Gasteiger partial charge on any atom is -0.496 e. The fourth-order valence-electron chi connectivity index (χ4n) is 5.08. The second-order valence-electron chi connectivity index (χ2n) is 10.5. The monoisotopic (exact) mass is 607 g/mol. The number of para-hydroxylation sites is 3. The third kappa shape index (κ3) is 7.09. The molecular weight excluding hydrogens is 574 g/mol. The summed E-state index contributed by atoms with van der Waals surface area (Å²) in [6.07, 6.45) is 1.37. The zero-order chi connectivity index (χ0) is 30.3. The molecule has 44 heavy (non-hydrogen) atoms. The van der Waals surface area contributed by atoms with Gasteiger partial charge in [0.05, 0.1) is 43.2 Å². The number of aromatic nitrogens is 2. The predicted molar refractivity (Wildman–Crippen MR) is 169 cm³/mol. The summed E-state index contributed by atoms with van der Waals surface area (Å²) in [6, 6.07) is 31.2. The highest BCUT2D eigenvalue weighted by molar-refractivity contribution is 7.99. The Balaban J connectivity index is 1.14. The molecule has 8 nitrogen and oxygen atoms in total. The van der Waals surface area contributed by atoms with E-state index in [0.717, 1.165) is 44.2 Å². The number of nitrogens with zero attached hydrogens (tertiary/aromatic N) is 2. The normalized spacial score (nSPS) is 18.2. The van der Waals surface area contributed by atoms with Crippen molar-refractivity contribution in [1.82, 2.24) is 15.3 Å². The van der Waals surface area contributed by atoms with Gasteiger partial charge in [0, 0.05) is 29.2 Å². The fraction of sp³-hybridized carbons (Fsp3) is 0.229. The number of nitrogens with one attached hydrogen (secondary N) is 1. The van der Waals surface area contributed by atoms with Crippen molar-refractivity contribution in [2.24, 2.45) is 0 Å². The lowest BCUT2D eigenvalue weighted by Gasteiger charge is -2.36. The Hall–Kier alpha value is -4.28. The van der Waals surface area contributed by atoms with E-state index in [1.54, 1.807) is 18.9 Å². The van der Waals surface area contributed by atoms with Crippen LogP contribution in [0.3, 0.4) is 0 Å². The average molecular weight is 608 g/mol. The van der Waals surface area contributed by atoms with Crippen LogP contribution in [-0.4, -0.2) is 39.9 Å². The van der Waals surface area contributed by atoms with Gasteiger partial charge in [0.25, 0.3) is 5.91 Å². The number of ether oxygens (including phenoxy) is 3. The summed E-state index contributed by atoms with van der Waals surface area (Å²) in [5.74, 6) is 1.29. The predicted octanol–water partition coefficient (Wildman–Crippen LogP) is 6.40. The summed E-state index contributed by atoms with van der Waals surface area (Å²) in [7, 11) is 1.68. The van der Waals surface area contributed by atoms with Gasteiger partial charge in [0.1, 0.15) is 11.4 Å². The molecule has 1 aliphatic heterocycles. The molecule has 4 aromatic carbocycles. The maximum absolute atomic E-state index is 12.8. The Kier molecular flexibility index (Phi) is 9.48. The molecule has 224 valence electrons. The standard InChI is InChI=1S/C35H33N3O5S/c1-41-31-8-4-5-9-33(31)44-22-27-18-32(25-14-12-24(21-39)13-15-25)43-35(42-27)26-16-10-23(11-17-26)19-37-34(40)30-20-36-28-6-2-3-7-29(28)38-30/h2-17,20,27,32,35,39H,18-19,21-22H2,1H3,(H,37,40)/t27-,32+,35+/m0/s1. The molecule has 0 spiro atoms. The van der Waals surface area contributed by atoms with Crippen LogP contribution in [0.5, 0.6) is 5.75 Å². The van der Waals surface area contributed by atoms with Crippen LogP contribution < -0.4 is 10.1 Å². The number of rotatable bonds is 10. The van der Waals surface area contributed by atoms with Crippen LogP contribution in [0.1, 0.15) is 51.6 Å². The number of hydrogen-bond donors (Lipinski definition) is 2. The van der Waals surface area contributed by atoms with Gasteiger partial charge in [-0.25, -0.2) is 4.98 Å². The third-order valence-corrected chi connectivity index (χ3v) is 8.68. The Bertz CT molecular complexity index is 1710. The first-order chi connectivity index (χ1) is 21.6. The minimum absolute atomic E-state index is 0.00181. The quantitative estimate of drug-likeness (QED) is 0.176. The van der Waals surface area contributed by atoms with Gasteiger partial charge in [-0.05, 0) is 41.0 Å². The van der Waals surface area contributed by atoms with Gasteiger partial charge in [-0.2, -0.15) is 0 Å². The zero-order valence-corrected chi connectivity index (χ0v) is 25.1. The number of aliphatic hydroxyl groups excluding tert-OH is 1. The number of fused-ring (bicyclic) bond motifs is 1. The van der Waals surface area contributed by atoms with Crippen LogP contribution in [-0.2, 0) is 22.6 Å². The summed E-state index contributed by atoms with van der Waals surface area (Å²) < 4.78 is 18.5. The van der Waals surface area contributed by atoms with Crippen LogP contribution in [0.2, 0.25) is 0 Å². The van der Waals surface area contributed by atoms with E-state index in [2.05, 4.69) is 21.4 Å². The minimum atomic E-state index is -0.564. The topological polar surface area (TPSA) is 103 Å². The first-order valence-corrected chi connectivity index (χ1v) is 15.4. The molecule has 1 aliphatic rings. The Morgan fingerprint density at radius 2 is 1.61 bits per heavy atom. The molecule has 1 aromatic heterocycles. The van der Waals surface area contributed by atoms with Gasteiger partial charge in [-0.15, -0.1) is 11.8 Å². The fourth-order valence-corrected chi connectivity index (χ4v) is 6.12. The highest BCUT2D eigenvalue weighted by Crippen LogP contribution is 2.40. The molecule has 3 atom stereocenters. The molecule has 2 heterocycles. The van der Waals surface area contributed by atoms with Crippen LogP contribution in [0.25, 0.3) is 11.0 Å². The van der Waals surface area contributed by atoms with Crippen molar-refractivity contribution in [1.29, 1.82) is 0 Å². The second-order valence-corrected chi connectivity index (χ2v) is 11.5. The molecule has 1 saturated heterocycles. The number of methoxy groups -OCH3 is 1. The molecule has 2 N–H and O–H groups in total. The van der Waals surface area contributed by atoms with Crippen LogP contribution in [0, 0.1) is 0 Å². The van der Waals surface area contributed by atoms with Gasteiger partial charge < -0.3 is 24.6 Å². The smallest absolute Gasteiger partial charge is 0.271 e. The van der Waals surface area contributed by atoms with Crippen LogP contribution in [0.15, 0.2) is 108 Å². The molecule has 9 heteroatoms. The number of aliphatic hydroxyl groups is 1. The average Bonchev–Trinajstić information content (AvgIpc) is 3.09. The van der Waals surface area contributed by atoms with E-state index < -0.39 is 6.29 Å². The van der Waals surface area contributed by atoms with E-state index in [9.17, 15) is 9.90 Å². The van der Waals surface area contributed by atoms with Crippen molar-refractivity contribution in [3.8, 4) is 5.75 Å². The number of amides is 1. The van der Waals surface area contributed by atoms with E-state index in [4.69, 9.17) is 14.2 Å². The van der Waals surface area contributed by atoms with Gasteiger partial charge in [0.2, 0.25) is 0 Å². The van der Waals surface area contributed by atoms with Crippen molar-refractivity contribution >= 4 is 28.7 Å². The first kappa shape index (κ1) is 29.8.